The standard InChI is InChI=1S/C19H27N3O2S/c1-3-5-9-12-20-17(23)14-25-19-21-16-11-8-7-10-15(16)18(24)22(19)13-6-4-2/h7-8,10-11H,3-6,9,12-14H2,1-2H3,(H,20,23). The lowest BCUT2D eigenvalue weighted by Crippen LogP contribution is -2.27. The van der Waals surface area contributed by atoms with E-state index in [2.05, 4.69) is 24.1 Å². The molecule has 5 nitrogen and oxygen atoms in total. The van der Waals surface area contributed by atoms with Gasteiger partial charge in [-0.25, -0.2) is 4.98 Å². The van der Waals surface area contributed by atoms with Crippen molar-refractivity contribution in [2.75, 3.05) is 12.3 Å². The minimum absolute atomic E-state index is 0.00875. The molecule has 1 N–H and O–H groups in total. The van der Waals surface area contributed by atoms with Crippen LogP contribution < -0.4 is 10.9 Å². The normalized spacial score (nSPS) is 11.0. The van der Waals surface area contributed by atoms with Gasteiger partial charge in [0.25, 0.3) is 5.56 Å². The first kappa shape index (κ1) is 19.5. The van der Waals surface area contributed by atoms with E-state index in [1.165, 1.54) is 11.8 Å². The average Bonchev–Trinajstić information content (AvgIpc) is 2.63. The van der Waals surface area contributed by atoms with Gasteiger partial charge in [0.15, 0.2) is 5.16 Å². The van der Waals surface area contributed by atoms with Crippen LogP contribution in [0.15, 0.2) is 34.2 Å². The molecule has 0 aliphatic carbocycles. The molecule has 2 aromatic rings. The number of carbonyl (C=O) groups excluding carboxylic acids is 1. The van der Waals surface area contributed by atoms with Crippen LogP contribution in [0.2, 0.25) is 0 Å². The van der Waals surface area contributed by atoms with Crippen molar-refractivity contribution in [3.05, 3.63) is 34.6 Å². The lowest BCUT2D eigenvalue weighted by Gasteiger charge is -2.12. The Kier molecular flexibility index (Phi) is 7.98. The van der Waals surface area contributed by atoms with Crippen LogP contribution in [-0.2, 0) is 11.3 Å². The van der Waals surface area contributed by atoms with Crippen molar-refractivity contribution in [1.82, 2.24) is 14.9 Å². The largest absolute Gasteiger partial charge is 0.355 e. The number of unbranched alkanes of at least 4 members (excludes halogenated alkanes) is 3. The summed E-state index contributed by atoms with van der Waals surface area (Å²) in [5, 5.41) is 4.18. The first-order valence-electron chi connectivity index (χ1n) is 9.06. The Morgan fingerprint density at radius 1 is 1.16 bits per heavy atom. The first-order valence-corrected chi connectivity index (χ1v) is 10.0. The summed E-state index contributed by atoms with van der Waals surface area (Å²) in [5.74, 6) is 0.272. The van der Waals surface area contributed by atoms with Crippen LogP contribution in [0.5, 0.6) is 0 Å². The third kappa shape index (κ3) is 5.59. The average molecular weight is 362 g/mol. The molecule has 0 atom stereocenters. The van der Waals surface area contributed by atoms with Gasteiger partial charge in [-0.05, 0) is 25.0 Å². The summed E-state index contributed by atoms with van der Waals surface area (Å²) in [5.41, 5.74) is 0.663. The molecule has 0 radical (unpaired) electrons. The Morgan fingerprint density at radius 3 is 2.68 bits per heavy atom. The summed E-state index contributed by atoms with van der Waals surface area (Å²) in [6.07, 6.45) is 5.17. The molecule has 1 aromatic heterocycles. The fraction of sp³-hybridized carbons (Fsp3) is 0.526. The third-order valence-corrected chi connectivity index (χ3v) is 4.97. The molecule has 2 rings (SSSR count). The minimum atomic E-state index is -0.0232. The van der Waals surface area contributed by atoms with Crippen LogP contribution in [0.4, 0.5) is 0 Å². The number of nitrogens with one attached hydrogen (secondary N) is 1. The molecule has 25 heavy (non-hydrogen) atoms. The van der Waals surface area contributed by atoms with Crippen molar-refractivity contribution in [1.29, 1.82) is 0 Å². The first-order chi connectivity index (χ1) is 12.2. The highest BCUT2D eigenvalue weighted by Crippen LogP contribution is 2.18. The number of aromatic nitrogens is 2. The number of thioether (sulfide) groups is 1. The number of hydrogen-bond donors (Lipinski definition) is 1. The second kappa shape index (κ2) is 10.2. The molecule has 0 unspecified atom stereocenters. The second-order valence-corrected chi connectivity index (χ2v) is 7.01. The zero-order valence-corrected chi connectivity index (χ0v) is 15.9. The lowest BCUT2D eigenvalue weighted by atomic mass is 10.2. The monoisotopic (exact) mass is 361 g/mol. The Labute approximate surface area is 153 Å². The Morgan fingerprint density at radius 2 is 1.92 bits per heavy atom. The van der Waals surface area contributed by atoms with Gasteiger partial charge in [0, 0.05) is 13.1 Å². The van der Waals surface area contributed by atoms with E-state index < -0.39 is 0 Å². The molecule has 1 amide bonds. The van der Waals surface area contributed by atoms with Gasteiger partial charge < -0.3 is 5.32 Å². The number of hydrogen-bond acceptors (Lipinski definition) is 4. The molecule has 1 heterocycles. The van der Waals surface area contributed by atoms with Gasteiger partial charge in [0.05, 0.1) is 16.7 Å². The van der Waals surface area contributed by atoms with Gasteiger partial charge in [0.2, 0.25) is 5.91 Å². The van der Waals surface area contributed by atoms with Gasteiger partial charge in [-0.3, -0.25) is 14.2 Å². The van der Waals surface area contributed by atoms with Crippen LogP contribution in [0.3, 0.4) is 0 Å². The maximum Gasteiger partial charge on any atom is 0.262 e. The van der Waals surface area contributed by atoms with Crippen molar-refractivity contribution in [3.63, 3.8) is 0 Å². The van der Waals surface area contributed by atoms with Crippen LogP contribution in [0.1, 0.15) is 46.0 Å². The number of para-hydroxylation sites is 1. The highest BCUT2D eigenvalue weighted by molar-refractivity contribution is 7.99. The summed E-state index contributed by atoms with van der Waals surface area (Å²) in [6.45, 7) is 5.57. The van der Waals surface area contributed by atoms with Gasteiger partial charge in [-0.15, -0.1) is 0 Å². The lowest BCUT2D eigenvalue weighted by molar-refractivity contribution is -0.118. The quantitative estimate of drug-likeness (QED) is 0.399. The molecule has 0 fully saturated rings. The second-order valence-electron chi connectivity index (χ2n) is 6.07. The SMILES string of the molecule is CCCCCNC(=O)CSc1nc2ccccc2c(=O)n1CCCC. The Bertz CT molecular complexity index is 758. The maximum absolute atomic E-state index is 12.8. The van der Waals surface area contributed by atoms with Crippen molar-refractivity contribution < 1.29 is 4.79 Å². The van der Waals surface area contributed by atoms with E-state index in [1.807, 2.05) is 24.3 Å². The smallest absolute Gasteiger partial charge is 0.262 e. The van der Waals surface area contributed by atoms with Gasteiger partial charge in [-0.2, -0.15) is 0 Å². The van der Waals surface area contributed by atoms with Crippen LogP contribution >= 0.6 is 11.8 Å². The minimum Gasteiger partial charge on any atom is -0.355 e. The van der Waals surface area contributed by atoms with Crippen molar-refractivity contribution >= 4 is 28.6 Å². The van der Waals surface area contributed by atoms with E-state index in [0.29, 0.717) is 29.1 Å². The predicted molar refractivity (Wildman–Crippen MR) is 104 cm³/mol. The molecular weight excluding hydrogens is 334 g/mol. The van der Waals surface area contributed by atoms with E-state index in [9.17, 15) is 9.59 Å². The predicted octanol–water partition coefficient (Wildman–Crippen LogP) is 3.60. The van der Waals surface area contributed by atoms with E-state index in [0.717, 1.165) is 32.1 Å². The fourth-order valence-electron chi connectivity index (χ4n) is 2.56. The Balaban J connectivity index is 2.12. The number of benzene rings is 1. The van der Waals surface area contributed by atoms with E-state index in [4.69, 9.17) is 0 Å². The molecule has 0 aliphatic heterocycles. The zero-order valence-electron chi connectivity index (χ0n) is 15.1. The van der Waals surface area contributed by atoms with E-state index in [1.54, 1.807) is 4.57 Å². The fourth-order valence-corrected chi connectivity index (χ4v) is 3.41. The number of carbonyl (C=O) groups is 1. The summed E-state index contributed by atoms with van der Waals surface area (Å²) < 4.78 is 1.71. The van der Waals surface area contributed by atoms with Crippen LogP contribution in [0, 0.1) is 0 Å². The number of rotatable bonds is 10. The highest BCUT2D eigenvalue weighted by atomic mass is 32.2. The molecular formula is C19H27N3O2S. The number of fused-ring (bicyclic) bond motifs is 1. The highest BCUT2D eigenvalue weighted by Gasteiger charge is 2.12. The molecule has 0 spiro atoms. The van der Waals surface area contributed by atoms with Crippen molar-refractivity contribution in [2.24, 2.45) is 0 Å². The van der Waals surface area contributed by atoms with Gasteiger partial charge >= 0.3 is 0 Å². The number of amides is 1. The number of nitrogens with zero attached hydrogens (tertiary/aromatic N) is 2. The third-order valence-electron chi connectivity index (χ3n) is 4.00. The summed E-state index contributed by atoms with van der Waals surface area (Å²) in [4.78, 5) is 29.4. The van der Waals surface area contributed by atoms with Crippen molar-refractivity contribution in [2.45, 2.75) is 57.7 Å². The molecule has 0 bridgehead atoms. The van der Waals surface area contributed by atoms with Gasteiger partial charge in [0.1, 0.15) is 0 Å². The summed E-state index contributed by atoms with van der Waals surface area (Å²) in [7, 11) is 0. The maximum atomic E-state index is 12.8. The van der Waals surface area contributed by atoms with Gasteiger partial charge in [-0.1, -0.05) is 57.0 Å². The van der Waals surface area contributed by atoms with Crippen LogP contribution in [0.25, 0.3) is 10.9 Å². The molecule has 0 saturated heterocycles. The van der Waals surface area contributed by atoms with Crippen molar-refractivity contribution in [3.8, 4) is 0 Å². The molecule has 6 heteroatoms. The molecule has 136 valence electrons. The van der Waals surface area contributed by atoms with Crippen LogP contribution in [-0.4, -0.2) is 27.8 Å². The summed E-state index contributed by atoms with van der Waals surface area (Å²) >= 11 is 1.34. The van der Waals surface area contributed by atoms with E-state index >= 15 is 0 Å². The summed E-state index contributed by atoms with van der Waals surface area (Å²) in [6, 6.07) is 7.38. The zero-order chi connectivity index (χ0) is 18.1. The molecule has 1 aromatic carbocycles. The topological polar surface area (TPSA) is 64.0 Å². The van der Waals surface area contributed by atoms with E-state index in [-0.39, 0.29) is 17.2 Å². The molecule has 0 aliphatic rings. The Hall–Kier alpha value is -1.82. The molecule has 0 saturated carbocycles.